The Balaban J connectivity index is 2.78. The van der Waals surface area contributed by atoms with Crippen molar-refractivity contribution in [2.75, 3.05) is 0 Å². The first-order valence-corrected chi connectivity index (χ1v) is 3.54. The molecule has 0 aliphatic rings. The normalized spacial score (nSPS) is 15.2. The van der Waals surface area contributed by atoms with Crippen LogP contribution in [0.4, 0.5) is 0 Å². The van der Waals surface area contributed by atoms with E-state index in [4.69, 9.17) is 5.73 Å². The third-order valence-corrected chi connectivity index (χ3v) is 1.57. The fraction of sp³-hybridized carbons (Fsp3) is 0.250. The molecule has 4 nitrogen and oxygen atoms in total. The van der Waals surface area contributed by atoms with Gasteiger partial charge in [0.25, 0.3) is 0 Å². The standard InChI is InChI=1S/C8H10N2O2/c9-7(5-11)8(12)6-1-3-10-4-2-6/h1-5,7-8,12H,9H2. The molecule has 64 valence electrons. The molecule has 3 N–H and O–H groups in total. The molecular weight excluding hydrogens is 156 g/mol. The van der Waals surface area contributed by atoms with E-state index in [-0.39, 0.29) is 0 Å². The van der Waals surface area contributed by atoms with E-state index in [2.05, 4.69) is 4.98 Å². The minimum Gasteiger partial charge on any atom is -0.386 e. The summed E-state index contributed by atoms with van der Waals surface area (Å²) < 4.78 is 0. The Bertz CT molecular complexity index is 250. The highest BCUT2D eigenvalue weighted by Gasteiger charge is 2.14. The third-order valence-electron chi connectivity index (χ3n) is 1.57. The maximum Gasteiger partial charge on any atom is 0.139 e. The van der Waals surface area contributed by atoms with Crippen molar-refractivity contribution in [2.45, 2.75) is 12.1 Å². The van der Waals surface area contributed by atoms with E-state index in [1.165, 1.54) is 12.4 Å². The highest BCUT2D eigenvalue weighted by atomic mass is 16.3. The van der Waals surface area contributed by atoms with Crippen LogP contribution in [0.5, 0.6) is 0 Å². The van der Waals surface area contributed by atoms with Gasteiger partial charge in [-0.15, -0.1) is 0 Å². The molecule has 0 bridgehead atoms. The summed E-state index contributed by atoms with van der Waals surface area (Å²) in [5, 5.41) is 9.41. The average Bonchev–Trinajstić information content (AvgIpc) is 2.17. The molecule has 4 heteroatoms. The summed E-state index contributed by atoms with van der Waals surface area (Å²) in [6.45, 7) is 0. The molecule has 1 heterocycles. The van der Waals surface area contributed by atoms with E-state index < -0.39 is 12.1 Å². The second-order valence-corrected chi connectivity index (χ2v) is 2.44. The van der Waals surface area contributed by atoms with E-state index in [0.717, 1.165) is 0 Å². The van der Waals surface area contributed by atoms with Crippen molar-refractivity contribution < 1.29 is 9.90 Å². The number of rotatable bonds is 3. The summed E-state index contributed by atoms with van der Waals surface area (Å²) in [6, 6.07) is 2.37. The first-order chi connectivity index (χ1) is 5.75. The maximum atomic E-state index is 10.2. The number of aliphatic hydroxyl groups excluding tert-OH is 1. The molecular formula is C8H10N2O2. The van der Waals surface area contributed by atoms with Gasteiger partial charge in [-0.05, 0) is 17.7 Å². The van der Waals surface area contributed by atoms with Gasteiger partial charge in [-0.25, -0.2) is 0 Å². The second kappa shape index (κ2) is 3.94. The lowest BCUT2D eigenvalue weighted by atomic mass is 10.1. The zero-order chi connectivity index (χ0) is 8.97. The van der Waals surface area contributed by atoms with E-state index in [1.54, 1.807) is 12.1 Å². The number of carbonyl (C=O) groups is 1. The zero-order valence-corrected chi connectivity index (χ0v) is 6.42. The predicted molar refractivity (Wildman–Crippen MR) is 43.2 cm³/mol. The van der Waals surface area contributed by atoms with Crippen LogP contribution in [0, 0.1) is 0 Å². The molecule has 12 heavy (non-hydrogen) atoms. The van der Waals surface area contributed by atoms with Gasteiger partial charge in [-0.3, -0.25) is 4.98 Å². The lowest BCUT2D eigenvalue weighted by Crippen LogP contribution is -2.29. The molecule has 0 fully saturated rings. The molecule has 1 aromatic rings. The fourth-order valence-electron chi connectivity index (χ4n) is 0.857. The molecule has 0 amide bonds. The SMILES string of the molecule is NC(C=O)C(O)c1ccncc1. The van der Waals surface area contributed by atoms with Gasteiger partial charge in [0.1, 0.15) is 12.4 Å². The minimum atomic E-state index is -0.939. The van der Waals surface area contributed by atoms with Crippen molar-refractivity contribution in [1.29, 1.82) is 0 Å². The number of aldehydes is 1. The van der Waals surface area contributed by atoms with Crippen molar-refractivity contribution in [3.05, 3.63) is 30.1 Å². The van der Waals surface area contributed by atoms with Crippen molar-refractivity contribution in [3.63, 3.8) is 0 Å². The number of hydrogen-bond acceptors (Lipinski definition) is 4. The molecule has 0 aliphatic carbocycles. The number of aromatic nitrogens is 1. The van der Waals surface area contributed by atoms with Crippen LogP contribution in [0.2, 0.25) is 0 Å². The molecule has 2 atom stereocenters. The number of hydrogen-bond donors (Lipinski definition) is 2. The molecule has 0 saturated heterocycles. The van der Waals surface area contributed by atoms with Gasteiger partial charge in [0.05, 0.1) is 6.04 Å². The molecule has 0 aliphatic heterocycles. The van der Waals surface area contributed by atoms with Crippen molar-refractivity contribution in [2.24, 2.45) is 5.73 Å². The summed E-state index contributed by atoms with van der Waals surface area (Å²) in [7, 11) is 0. The van der Waals surface area contributed by atoms with Gasteiger partial charge in [-0.2, -0.15) is 0 Å². The Hall–Kier alpha value is -1.26. The second-order valence-electron chi connectivity index (χ2n) is 2.44. The lowest BCUT2D eigenvalue weighted by molar-refractivity contribution is -0.111. The fourth-order valence-corrected chi connectivity index (χ4v) is 0.857. The Morgan fingerprint density at radius 1 is 1.50 bits per heavy atom. The zero-order valence-electron chi connectivity index (χ0n) is 6.42. The van der Waals surface area contributed by atoms with Crippen LogP contribution in [0.3, 0.4) is 0 Å². The summed E-state index contributed by atoms with van der Waals surface area (Å²) in [6.07, 6.45) is 2.66. The first kappa shape index (κ1) is 8.83. The molecule has 1 aromatic heterocycles. The number of pyridine rings is 1. The summed E-state index contributed by atoms with van der Waals surface area (Å²) in [4.78, 5) is 14.0. The number of nitrogens with zero attached hydrogens (tertiary/aromatic N) is 1. The largest absolute Gasteiger partial charge is 0.386 e. The Morgan fingerprint density at radius 3 is 2.58 bits per heavy atom. The van der Waals surface area contributed by atoms with E-state index in [1.807, 2.05) is 0 Å². The van der Waals surface area contributed by atoms with Gasteiger partial charge in [0.15, 0.2) is 0 Å². The summed E-state index contributed by atoms with van der Waals surface area (Å²) in [5.41, 5.74) is 5.91. The van der Waals surface area contributed by atoms with Gasteiger partial charge in [0, 0.05) is 12.4 Å². The van der Waals surface area contributed by atoms with Gasteiger partial charge in [0.2, 0.25) is 0 Å². The van der Waals surface area contributed by atoms with Crippen molar-refractivity contribution in [1.82, 2.24) is 4.98 Å². The van der Waals surface area contributed by atoms with E-state index >= 15 is 0 Å². The van der Waals surface area contributed by atoms with Crippen LogP contribution in [-0.2, 0) is 4.79 Å². The molecule has 0 aromatic carbocycles. The smallest absolute Gasteiger partial charge is 0.139 e. The number of nitrogens with two attached hydrogens (primary N) is 1. The van der Waals surface area contributed by atoms with E-state index in [0.29, 0.717) is 11.8 Å². The van der Waals surface area contributed by atoms with Crippen molar-refractivity contribution in [3.8, 4) is 0 Å². The van der Waals surface area contributed by atoms with Gasteiger partial charge < -0.3 is 15.6 Å². The van der Waals surface area contributed by atoms with Gasteiger partial charge in [-0.1, -0.05) is 0 Å². The quantitative estimate of drug-likeness (QED) is 0.601. The van der Waals surface area contributed by atoms with Crippen LogP contribution < -0.4 is 5.73 Å². The monoisotopic (exact) mass is 166 g/mol. The number of aliphatic hydroxyl groups is 1. The van der Waals surface area contributed by atoms with Crippen LogP contribution in [0.15, 0.2) is 24.5 Å². The van der Waals surface area contributed by atoms with Crippen molar-refractivity contribution >= 4 is 6.29 Å². The average molecular weight is 166 g/mol. The highest BCUT2D eigenvalue weighted by Crippen LogP contribution is 2.12. The Morgan fingerprint density at radius 2 is 2.08 bits per heavy atom. The molecule has 0 saturated carbocycles. The van der Waals surface area contributed by atoms with Crippen LogP contribution in [0.25, 0.3) is 0 Å². The number of carbonyl (C=O) groups excluding carboxylic acids is 1. The van der Waals surface area contributed by atoms with Gasteiger partial charge >= 0.3 is 0 Å². The highest BCUT2D eigenvalue weighted by molar-refractivity contribution is 5.58. The van der Waals surface area contributed by atoms with Crippen LogP contribution in [-0.4, -0.2) is 22.4 Å². The molecule has 2 unspecified atom stereocenters. The first-order valence-electron chi connectivity index (χ1n) is 3.54. The van der Waals surface area contributed by atoms with Crippen LogP contribution >= 0.6 is 0 Å². The Kier molecular flexibility index (Phi) is 2.90. The topological polar surface area (TPSA) is 76.2 Å². The third kappa shape index (κ3) is 1.87. The van der Waals surface area contributed by atoms with Crippen LogP contribution in [0.1, 0.15) is 11.7 Å². The lowest BCUT2D eigenvalue weighted by Gasteiger charge is -2.12. The van der Waals surface area contributed by atoms with E-state index in [9.17, 15) is 9.90 Å². The summed E-state index contributed by atoms with van der Waals surface area (Å²) in [5.74, 6) is 0. The minimum absolute atomic E-state index is 0.519. The maximum absolute atomic E-state index is 10.2. The summed E-state index contributed by atoms with van der Waals surface area (Å²) >= 11 is 0. The molecule has 1 rings (SSSR count). The molecule has 0 spiro atoms. The predicted octanol–water partition coefficient (Wildman–Crippen LogP) is -0.359. The molecule has 0 radical (unpaired) electrons. The Labute approximate surface area is 70.0 Å².